The Bertz CT molecular complexity index is 536. The van der Waals surface area contributed by atoms with Gasteiger partial charge in [-0.05, 0) is 32.8 Å². The highest BCUT2D eigenvalue weighted by molar-refractivity contribution is 6.04. The third kappa shape index (κ3) is 1.11. The fourth-order valence-electron chi connectivity index (χ4n) is 4.60. The Kier molecular flexibility index (Phi) is 1.91. The summed E-state index contributed by atoms with van der Waals surface area (Å²) in [5.41, 5.74) is -0.0899. The van der Waals surface area contributed by atoms with Crippen LogP contribution in [-0.4, -0.2) is 29.1 Å². The summed E-state index contributed by atoms with van der Waals surface area (Å²) in [6.07, 6.45) is 3.23. The highest BCUT2D eigenvalue weighted by Crippen LogP contribution is 2.65. The zero-order valence-electron chi connectivity index (χ0n) is 11.4. The van der Waals surface area contributed by atoms with Gasteiger partial charge in [-0.3, -0.25) is 9.59 Å². The van der Waals surface area contributed by atoms with Crippen LogP contribution in [-0.2, 0) is 19.1 Å². The van der Waals surface area contributed by atoms with Crippen molar-refractivity contribution in [3.05, 3.63) is 11.6 Å². The Balaban J connectivity index is 1.83. The van der Waals surface area contributed by atoms with Gasteiger partial charge < -0.3 is 9.47 Å². The molecule has 4 aliphatic rings. The second-order valence-electron chi connectivity index (χ2n) is 6.69. The van der Waals surface area contributed by atoms with E-state index >= 15 is 0 Å². The maximum absolute atomic E-state index is 12.4. The van der Waals surface area contributed by atoms with Gasteiger partial charge in [0.25, 0.3) is 0 Å². The molecule has 6 atom stereocenters. The average Bonchev–Trinajstić information content (AvgIpc) is 2.77. The van der Waals surface area contributed by atoms with Gasteiger partial charge in [0, 0.05) is 5.92 Å². The van der Waals surface area contributed by atoms with E-state index in [-0.39, 0.29) is 41.2 Å². The summed E-state index contributed by atoms with van der Waals surface area (Å²) in [5, 5.41) is 0. The lowest BCUT2D eigenvalue weighted by Gasteiger charge is -2.26. The molecule has 4 nitrogen and oxygen atoms in total. The number of carbonyl (C=O) groups excluding carboxylic acids is 2. The molecule has 3 fully saturated rings. The smallest absolute Gasteiger partial charge is 0.309 e. The highest BCUT2D eigenvalue weighted by atomic mass is 16.6. The van der Waals surface area contributed by atoms with Gasteiger partial charge in [-0.25, -0.2) is 0 Å². The zero-order valence-corrected chi connectivity index (χ0v) is 11.4. The zero-order chi connectivity index (χ0) is 13.6. The number of fused-ring (bicyclic) bond motifs is 2. The molecule has 0 aromatic rings. The molecule has 2 aliphatic heterocycles. The predicted molar refractivity (Wildman–Crippen MR) is 66.2 cm³/mol. The van der Waals surface area contributed by atoms with Gasteiger partial charge >= 0.3 is 5.97 Å². The predicted octanol–water partition coefficient (Wildman–Crippen LogP) is 1.63. The summed E-state index contributed by atoms with van der Waals surface area (Å²) in [6, 6.07) is 0. The molecule has 0 radical (unpaired) electrons. The van der Waals surface area contributed by atoms with Crippen LogP contribution in [0.2, 0.25) is 0 Å². The number of hydrogen-bond donors (Lipinski definition) is 0. The normalized spacial score (nSPS) is 54.8. The van der Waals surface area contributed by atoms with E-state index in [2.05, 4.69) is 0 Å². The lowest BCUT2D eigenvalue weighted by molar-refractivity contribution is -0.146. The van der Waals surface area contributed by atoms with Crippen molar-refractivity contribution in [1.82, 2.24) is 0 Å². The summed E-state index contributed by atoms with van der Waals surface area (Å²) in [5.74, 6) is 0.0187. The van der Waals surface area contributed by atoms with Crippen molar-refractivity contribution in [2.45, 2.75) is 50.9 Å². The molecule has 0 N–H and O–H groups in total. The molecule has 4 heteroatoms. The van der Waals surface area contributed by atoms with Crippen molar-refractivity contribution in [2.24, 2.45) is 17.8 Å². The minimum Gasteiger partial charge on any atom is -0.461 e. The molecule has 0 aromatic heterocycles. The quantitative estimate of drug-likeness (QED) is 0.492. The lowest BCUT2D eigenvalue weighted by Crippen LogP contribution is -2.41. The standard InChI is InChI=1S/C15H18O4/c1-7-6-10(16)15-11(7)12-9(8(2)13(17)18-12)4-5-14(15,3)19-15/h6,8-9,11-12H,4-5H2,1-3H3/t8-,9+,11-,12-,14+,15+/m0/s1. The van der Waals surface area contributed by atoms with Crippen molar-refractivity contribution in [1.29, 1.82) is 0 Å². The van der Waals surface area contributed by atoms with E-state index in [0.717, 1.165) is 18.4 Å². The van der Waals surface area contributed by atoms with Gasteiger partial charge in [0.05, 0.1) is 11.8 Å². The largest absolute Gasteiger partial charge is 0.461 e. The van der Waals surface area contributed by atoms with Crippen molar-refractivity contribution in [3.63, 3.8) is 0 Å². The Morgan fingerprint density at radius 3 is 2.84 bits per heavy atom. The molecule has 0 aromatic carbocycles. The third-order valence-corrected chi connectivity index (χ3v) is 5.76. The average molecular weight is 262 g/mol. The molecule has 0 amide bonds. The fraction of sp³-hybridized carbons (Fsp3) is 0.733. The first-order valence-corrected chi connectivity index (χ1v) is 7.04. The van der Waals surface area contributed by atoms with E-state index in [1.165, 1.54) is 0 Å². The van der Waals surface area contributed by atoms with Gasteiger partial charge in [-0.15, -0.1) is 0 Å². The van der Waals surface area contributed by atoms with Crippen LogP contribution < -0.4 is 0 Å². The Morgan fingerprint density at radius 1 is 1.37 bits per heavy atom. The van der Waals surface area contributed by atoms with Gasteiger partial charge in [-0.2, -0.15) is 0 Å². The number of ether oxygens (including phenoxy) is 2. The summed E-state index contributed by atoms with van der Waals surface area (Å²) >= 11 is 0. The van der Waals surface area contributed by atoms with E-state index in [9.17, 15) is 9.59 Å². The van der Waals surface area contributed by atoms with Crippen LogP contribution >= 0.6 is 0 Å². The van der Waals surface area contributed by atoms with Crippen molar-refractivity contribution < 1.29 is 19.1 Å². The first kappa shape index (κ1) is 11.6. The van der Waals surface area contributed by atoms with Crippen LogP contribution in [0.15, 0.2) is 11.6 Å². The van der Waals surface area contributed by atoms with E-state index < -0.39 is 5.60 Å². The van der Waals surface area contributed by atoms with Gasteiger partial charge in [0.15, 0.2) is 11.4 Å². The van der Waals surface area contributed by atoms with Crippen LogP contribution in [0.1, 0.15) is 33.6 Å². The summed E-state index contributed by atoms with van der Waals surface area (Å²) in [6.45, 7) is 5.92. The number of rotatable bonds is 0. The van der Waals surface area contributed by atoms with Crippen molar-refractivity contribution in [3.8, 4) is 0 Å². The van der Waals surface area contributed by atoms with Crippen LogP contribution in [0.4, 0.5) is 0 Å². The number of esters is 1. The minimum atomic E-state index is -0.735. The molecule has 19 heavy (non-hydrogen) atoms. The number of carbonyl (C=O) groups is 2. The Labute approximate surface area is 112 Å². The van der Waals surface area contributed by atoms with Crippen LogP contribution in [0.5, 0.6) is 0 Å². The molecular weight excluding hydrogens is 244 g/mol. The van der Waals surface area contributed by atoms with E-state index in [1.807, 2.05) is 20.8 Å². The third-order valence-electron chi connectivity index (χ3n) is 5.76. The van der Waals surface area contributed by atoms with E-state index in [4.69, 9.17) is 9.47 Å². The van der Waals surface area contributed by atoms with E-state index in [1.54, 1.807) is 6.08 Å². The molecule has 2 heterocycles. The topological polar surface area (TPSA) is 55.9 Å². The lowest BCUT2D eigenvalue weighted by atomic mass is 9.77. The molecular formula is C15H18O4. The molecule has 2 aliphatic carbocycles. The molecule has 0 bridgehead atoms. The molecule has 2 saturated heterocycles. The molecule has 102 valence electrons. The Morgan fingerprint density at radius 2 is 2.11 bits per heavy atom. The summed E-state index contributed by atoms with van der Waals surface area (Å²) < 4.78 is 11.5. The molecule has 0 unspecified atom stereocenters. The van der Waals surface area contributed by atoms with Gasteiger partial charge in [-0.1, -0.05) is 12.5 Å². The number of ketones is 1. The molecule has 1 saturated carbocycles. The number of hydrogen-bond acceptors (Lipinski definition) is 4. The minimum absolute atomic E-state index is 0.0633. The Hall–Kier alpha value is -1.16. The first-order valence-electron chi connectivity index (χ1n) is 7.04. The number of epoxide rings is 1. The summed E-state index contributed by atoms with van der Waals surface area (Å²) in [7, 11) is 0. The summed E-state index contributed by atoms with van der Waals surface area (Å²) in [4.78, 5) is 24.2. The molecule has 1 spiro atoms. The molecule has 4 rings (SSSR count). The van der Waals surface area contributed by atoms with Crippen LogP contribution in [0.3, 0.4) is 0 Å². The second kappa shape index (κ2) is 3.11. The SMILES string of the molecule is CC1=CC(=O)[C@]23O[C@]2(C)CC[C@H]2[C@H](OC(=O)[C@H]2C)[C@H]13. The monoisotopic (exact) mass is 262 g/mol. The van der Waals surface area contributed by atoms with Gasteiger partial charge in [0.1, 0.15) is 11.7 Å². The maximum atomic E-state index is 12.4. The van der Waals surface area contributed by atoms with Crippen LogP contribution in [0, 0.1) is 17.8 Å². The van der Waals surface area contributed by atoms with Gasteiger partial charge in [0.2, 0.25) is 0 Å². The highest BCUT2D eigenvalue weighted by Gasteiger charge is 2.79. The fourth-order valence-corrected chi connectivity index (χ4v) is 4.60. The van der Waals surface area contributed by atoms with E-state index in [0.29, 0.717) is 0 Å². The van der Waals surface area contributed by atoms with Crippen molar-refractivity contribution >= 4 is 11.8 Å². The maximum Gasteiger partial charge on any atom is 0.309 e. The second-order valence-corrected chi connectivity index (χ2v) is 6.69. The van der Waals surface area contributed by atoms with Crippen LogP contribution in [0.25, 0.3) is 0 Å². The first-order chi connectivity index (χ1) is 8.91. The van der Waals surface area contributed by atoms with Crippen molar-refractivity contribution in [2.75, 3.05) is 0 Å².